The average molecular weight is 351 g/mol. The van der Waals surface area contributed by atoms with Crippen molar-refractivity contribution < 1.29 is 13.2 Å². The van der Waals surface area contributed by atoms with Crippen LogP contribution in [0.2, 0.25) is 0 Å². The fourth-order valence-electron chi connectivity index (χ4n) is 3.08. The van der Waals surface area contributed by atoms with Gasteiger partial charge in [0.05, 0.1) is 24.5 Å². The number of hydrogen-bond donors (Lipinski definition) is 1. The van der Waals surface area contributed by atoms with Gasteiger partial charge in [-0.25, -0.2) is 5.14 Å². The Hall–Kier alpha value is -1.97. The molecule has 2 N–H and O–H groups in total. The normalized spacial score (nSPS) is 16.8. The van der Waals surface area contributed by atoms with Gasteiger partial charge in [-0.3, -0.25) is 0 Å². The van der Waals surface area contributed by atoms with Gasteiger partial charge in [-0.1, -0.05) is 0 Å². The first kappa shape index (κ1) is 16.9. The molecule has 1 saturated heterocycles. The van der Waals surface area contributed by atoms with E-state index in [2.05, 4.69) is 15.1 Å². The zero-order valence-corrected chi connectivity index (χ0v) is 14.5. The van der Waals surface area contributed by atoms with E-state index >= 15 is 0 Å². The van der Waals surface area contributed by atoms with E-state index in [1.54, 1.807) is 13.3 Å². The van der Waals surface area contributed by atoms with Gasteiger partial charge in [0.2, 0.25) is 0 Å². The minimum absolute atomic E-state index is 0.0718. The van der Waals surface area contributed by atoms with E-state index in [1.807, 2.05) is 18.2 Å². The third-order valence-corrected chi connectivity index (χ3v) is 5.65. The van der Waals surface area contributed by atoms with Crippen LogP contribution in [0.1, 0.15) is 12.8 Å². The summed E-state index contributed by atoms with van der Waals surface area (Å²) in [4.78, 5) is 2.21. The second-order valence-corrected chi connectivity index (χ2v) is 7.50. The molecule has 24 heavy (non-hydrogen) atoms. The first-order valence-corrected chi connectivity index (χ1v) is 9.20. The van der Waals surface area contributed by atoms with Crippen LogP contribution in [0.5, 0.6) is 5.75 Å². The lowest BCUT2D eigenvalue weighted by Gasteiger charge is -2.36. The Morgan fingerprint density at radius 2 is 2.04 bits per heavy atom. The van der Waals surface area contributed by atoms with Crippen LogP contribution in [0.3, 0.4) is 0 Å². The van der Waals surface area contributed by atoms with Crippen molar-refractivity contribution in [2.24, 2.45) is 5.14 Å². The maximum atomic E-state index is 11.5. The third kappa shape index (κ3) is 3.28. The quantitative estimate of drug-likeness (QED) is 0.872. The van der Waals surface area contributed by atoms with Gasteiger partial charge < -0.3 is 9.64 Å². The van der Waals surface area contributed by atoms with Crippen molar-refractivity contribution in [3.05, 3.63) is 24.4 Å². The highest BCUT2D eigenvalue weighted by Gasteiger charge is 2.28. The van der Waals surface area contributed by atoms with Gasteiger partial charge in [0.15, 0.2) is 0 Å². The maximum absolute atomic E-state index is 11.5. The molecule has 0 atom stereocenters. The minimum Gasteiger partial charge on any atom is -0.497 e. The van der Waals surface area contributed by atoms with Crippen molar-refractivity contribution in [2.75, 3.05) is 32.1 Å². The molecular weight excluding hydrogens is 330 g/mol. The number of anilines is 1. The molecule has 0 radical (unpaired) electrons. The Labute approximate surface area is 141 Å². The fourth-order valence-corrected chi connectivity index (χ4v) is 3.71. The molecule has 0 aliphatic carbocycles. The van der Waals surface area contributed by atoms with E-state index in [4.69, 9.17) is 9.88 Å². The Morgan fingerprint density at radius 3 is 2.67 bits per heavy atom. The van der Waals surface area contributed by atoms with Crippen LogP contribution >= 0.6 is 0 Å². The number of nitrogens with two attached hydrogens (primary N) is 1. The summed E-state index contributed by atoms with van der Waals surface area (Å²) in [7, 11) is -0.499. The molecule has 0 saturated carbocycles. The van der Waals surface area contributed by atoms with Gasteiger partial charge in [0.25, 0.3) is 10.2 Å². The highest BCUT2D eigenvalue weighted by Crippen LogP contribution is 2.30. The maximum Gasteiger partial charge on any atom is 0.276 e. The van der Waals surface area contributed by atoms with Gasteiger partial charge in [-0.2, -0.15) is 22.9 Å². The number of aromatic nitrogens is 2. The first-order chi connectivity index (χ1) is 11.4. The lowest BCUT2D eigenvalue weighted by Crippen LogP contribution is -2.47. The summed E-state index contributed by atoms with van der Waals surface area (Å²) in [5.74, 6) is 0.738. The van der Waals surface area contributed by atoms with E-state index in [0.29, 0.717) is 12.8 Å². The standard InChI is InChI=1S/C15H21N5O3S/c1-19(24(16,21)22)11-5-7-20(8-6-11)15-10-17-18-14-9-12(23-2)3-4-13(14)15/h3-4,9-11H,5-8H2,1-2H3,(H2,16,21,22). The van der Waals surface area contributed by atoms with E-state index in [9.17, 15) is 8.42 Å². The van der Waals surface area contributed by atoms with Gasteiger partial charge in [0, 0.05) is 37.6 Å². The van der Waals surface area contributed by atoms with Crippen LogP contribution in [0, 0.1) is 0 Å². The molecule has 0 bridgehead atoms. The summed E-state index contributed by atoms with van der Waals surface area (Å²) in [5.41, 5.74) is 1.77. The number of methoxy groups -OCH3 is 1. The topological polar surface area (TPSA) is 102 Å². The molecule has 130 valence electrons. The van der Waals surface area contributed by atoms with Crippen molar-refractivity contribution in [1.82, 2.24) is 14.5 Å². The van der Waals surface area contributed by atoms with Crippen LogP contribution in [0.15, 0.2) is 24.4 Å². The molecule has 1 fully saturated rings. The van der Waals surface area contributed by atoms with Crippen LogP contribution < -0.4 is 14.8 Å². The molecule has 1 aliphatic heterocycles. The zero-order chi connectivity index (χ0) is 17.3. The molecule has 0 spiro atoms. The SMILES string of the molecule is COc1ccc2c(N3CCC(N(C)S(N)(=O)=O)CC3)cnnc2c1. The monoisotopic (exact) mass is 351 g/mol. The van der Waals surface area contributed by atoms with E-state index in [1.165, 1.54) is 11.4 Å². The molecule has 2 heterocycles. The molecule has 1 aromatic heterocycles. The van der Waals surface area contributed by atoms with Crippen LogP contribution in [-0.4, -0.2) is 56.2 Å². The molecular formula is C15H21N5O3S. The van der Waals surface area contributed by atoms with Gasteiger partial charge >= 0.3 is 0 Å². The fraction of sp³-hybridized carbons (Fsp3) is 0.467. The summed E-state index contributed by atoms with van der Waals surface area (Å²) in [6, 6.07) is 5.65. The summed E-state index contributed by atoms with van der Waals surface area (Å²) in [6.45, 7) is 1.47. The molecule has 0 unspecified atom stereocenters. The number of piperidine rings is 1. The molecule has 3 rings (SSSR count). The van der Waals surface area contributed by atoms with Crippen LogP contribution in [0.25, 0.3) is 10.9 Å². The van der Waals surface area contributed by atoms with Crippen molar-refractivity contribution in [1.29, 1.82) is 0 Å². The van der Waals surface area contributed by atoms with Gasteiger partial charge in [-0.05, 0) is 25.0 Å². The van der Waals surface area contributed by atoms with Crippen molar-refractivity contribution in [2.45, 2.75) is 18.9 Å². The Bertz CT molecular complexity index is 834. The number of nitrogens with zero attached hydrogens (tertiary/aromatic N) is 4. The van der Waals surface area contributed by atoms with Crippen molar-refractivity contribution in [3.8, 4) is 5.75 Å². The molecule has 1 aliphatic rings. The molecule has 9 heteroatoms. The Morgan fingerprint density at radius 1 is 1.33 bits per heavy atom. The number of benzene rings is 1. The average Bonchev–Trinajstić information content (AvgIpc) is 2.59. The van der Waals surface area contributed by atoms with Crippen molar-refractivity contribution >= 4 is 26.8 Å². The highest BCUT2D eigenvalue weighted by atomic mass is 32.2. The van der Waals surface area contributed by atoms with Crippen molar-refractivity contribution in [3.63, 3.8) is 0 Å². The predicted octanol–water partition coefficient (Wildman–Crippen LogP) is 0.743. The molecule has 0 amide bonds. The van der Waals surface area contributed by atoms with E-state index in [0.717, 1.165) is 35.4 Å². The lowest BCUT2D eigenvalue weighted by molar-refractivity contribution is 0.312. The van der Waals surface area contributed by atoms with Crippen LogP contribution in [-0.2, 0) is 10.2 Å². The summed E-state index contributed by atoms with van der Waals surface area (Å²) < 4.78 is 29.4. The minimum atomic E-state index is -3.65. The molecule has 1 aromatic carbocycles. The largest absolute Gasteiger partial charge is 0.497 e. The summed E-state index contributed by atoms with van der Waals surface area (Å²) >= 11 is 0. The Kier molecular flexibility index (Phi) is 4.57. The van der Waals surface area contributed by atoms with Crippen LogP contribution in [0.4, 0.5) is 5.69 Å². The molecule has 2 aromatic rings. The third-order valence-electron chi connectivity index (χ3n) is 4.55. The van der Waals surface area contributed by atoms with Gasteiger partial charge in [-0.15, -0.1) is 0 Å². The first-order valence-electron chi connectivity index (χ1n) is 7.70. The number of rotatable bonds is 4. The van der Waals surface area contributed by atoms with E-state index in [-0.39, 0.29) is 6.04 Å². The number of hydrogen-bond acceptors (Lipinski definition) is 6. The Balaban J connectivity index is 1.81. The number of ether oxygens (including phenoxy) is 1. The summed E-state index contributed by atoms with van der Waals surface area (Å²) in [5, 5.41) is 14.5. The van der Waals surface area contributed by atoms with E-state index < -0.39 is 10.2 Å². The molecule has 8 nitrogen and oxygen atoms in total. The second-order valence-electron chi connectivity index (χ2n) is 5.89. The predicted molar refractivity (Wildman–Crippen MR) is 92.2 cm³/mol. The smallest absolute Gasteiger partial charge is 0.276 e. The number of fused-ring (bicyclic) bond motifs is 1. The second kappa shape index (κ2) is 6.50. The highest BCUT2D eigenvalue weighted by molar-refractivity contribution is 7.86. The lowest BCUT2D eigenvalue weighted by atomic mass is 10.0. The summed E-state index contributed by atoms with van der Waals surface area (Å²) in [6.07, 6.45) is 3.18. The zero-order valence-electron chi connectivity index (χ0n) is 13.7. The van der Waals surface area contributed by atoms with Gasteiger partial charge in [0.1, 0.15) is 5.75 Å².